The summed E-state index contributed by atoms with van der Waals surface area (Å²) in [6.07, 6.45) is 0. The van der Waals surface area contributed by atoms with Crippen LogP contribution in [0.2, 0.25) is 0 Å². The average Bonchev–Trinajstić information content (AvgIpc) is 1.79. The molecule has 0 aliphatic carbocycles. The molecular formula is C5H7NO2S. The van der Waals surface area contributed by atoms with Crippen molar-refractivity contribution in [2.24, 2.45) is 0 Å². The largest absolute Gasteiger partial charge is 0.286 e. The maximum atomic E-state index is 10.8. The summed E-state index contributed by atoms with van der Waals surface area (Å²) in [5.74, 6) is -0.197. The molecule has 50 valence electrons. The van der Waals surface area contributed by atoms with Gasteiger partial charge in [-0.05, 0) is 25.6 Å². The fraction of sp³-hybridized carbons (Fsp3) is 0.600. The predicted molar refractivity (Wildman–Crippen MR) is 35.2 cm³/mol. The number of imide groups is 1. The molecule has 4 heteroatoms. The maximum Gasteiger partial charge on any atom is 0.286 e. The van der Waals surface area contributed by atoms with E-state index in [1.165, 1.54) is 0 Å². The first-order chi connectivity index (χ1) is 4.02. The van der Waals surface area contributed by atoms with E-state index in [9.17, 15) is 9.59 Å². The Kier molecular flexibility index (Phi) is 1.27. The molecule has 0 aromatic heterocycles. The number of hydrogen-bond acceptors (Lipinski definition) is 3. The van der Waals surface area contributed by atoms with E-state index >= 15 is 0 Å². The number of hydrogen-bond donors (Lipinski definition) is 1. The van der Waals surface area contributed by atoms with Crippen molar-refractivity contribution in [1.82, 2.24) is 5.32 Å². The molecule has 1 rings (SSSR count). The molecule has 1 fully saturated rings. The van der Waals surface area contributed by atoms with Crippen molar-refractivity contribution in [3.63, 3.8) is 0 Å². The van der Waals surface area contributed by atoms with E-state index in [0.29, 0.717) is 0 Å². The number of carbonyl (C=O) groups excluding carboxylic acids is 2. The molecule has 1 saturated heterocycles. The molecule has 0 atom stereocenters. The monoisotopic (exact) mass is 145 g/mol. The van der Waals surface area contributed by atoms with Crippen LogP contribution < -0.4 is 5.32 Å². The molecule has 0 bridgehead atoms. The van der Waals surface area contributed by atoms with Crippen molar-refractivity contribution >= 4 is 22.9 Å². The van der Waals surface area contributed by atoms with Gasteiger partial charge in [0.25, 0.3) is 5.24 Å². The molecule has 0 aromatic rings. The minimum absolute atomic E-state index is 0.197. The third kappa shape index (κ3) is 1.08. The Labute approximate surface area is 57.2 Å². The second kappa shape index (κ2) is 1.73. The van der Waals surface area contributed by atoms with Crippen LogP contribution in [-0.4, -0.2) is 15.9 Å². The summed E-state index contributed by atoms with van der Waals surface area (Å²) in [6.45, 7) is 3.44. The van der Waals surface area contributed by atoms with Gasteiger partial charge in [0.1, 0.15) is 0 Å². The quantitative estimate of drug-likeness (QED) is 0.547. The predicted octanol–water partition coefficient (Wildman–Crippen LogP) is 0.748. The summed E-state index contributed by atoms with van der Waals surface area (Å²) < 4.78 is -0.558. The Morgan fingerprint density at radius 1 is 1.44 bits per heavy atom. The summed E-state index contributed by atoms with van der Waals surface area (Å²) in [7, 11) is 0. The van der Waals surface area contributed by atoms with Gasteiger partial charge >= 0.3 is 0 Å². The van der Waals surface area contributed by atoms with Crippen LogP contribution in [0.3, 0.4) is 0 Å². The van der Waals surface area contributed by atoms with Crippen molar-refractivity contribution in [1.29, 1.82) is 0 Å². The van der Waals surface area contributed by atoms with Crippen molar-refractivity contribution in [2.45, 2.75) is 18.6 Å². The Morgan fingerprint density at radius 3 is 2.11 bits per heavy atom. The summed E-state index contributed by atoms with van der Waals surface area (Å²) >= 11 is 1.03. The number of amides is 2. The lowest BCUT2D eigenvalue weighted by Crippen LogP contribution is -2.30. The molecule has 1 heterocycles. The fourth-order valence-electron chi connectivity index (χ4n) is 0.547. The van der Waals surface area contributed by atoms with E-state index in [0.717, 1.165) is 11.8 Å². The zero-order valence-electron chi connectivity index (χ0n) is 5.22. The lowest BCUT2D eigenvalue weighted by atomic mass is 10.2. The molecule has 0 radical (unpaired) electrons. The smallest absolute Gasteiger partial charge is 0.286 e. The van der Waals surface area contributed by atoms with E-state index in [1.54, 1.807) is 13.8 Å². The lowest BCUT2D eigenvalue weighted by Gasteiger charge is -2.07. The Bertz CT molecular complexity index is 176. The van der Waals surface area contributed by atoms with Gasteiger partial charge in [0, 0.05) is 0 Å². The third-order valence-electron chi connectivity index (χ3n) is 1.11. The molecule has 2 amide bonds. The van der Waals surface area contributed by atoms with Gasteiger partial charge in [-0.25, -0.2) is 0 Å². The molecule has 1 N–H and O–H groups in total. The van der Waals surface area contributed by atoms with Gasteiger partial charge in [-0.2, -0.15) is 0 Å². The van der Waals surface area contributed by atoms with Gasteiger partial charge in [-0.3, -0.25) is 14.9 Å². The molecular weight excluding hydrogens is 138 g/mol. The highest BCUT2D eigenvalue weighted by atomic mass is 32.2. The average molecular weight is 145 g/mol. The van der Waals surface area contributed by atoms with Gasteiger partial charge in [0.15, 0.2) is 0 Å². The summed E-state index contributed by atoms with van der Waals surface area (Å²) in [4.78, 5) is 21.3. The first-order valence-electron chi connectivity index (χ1n) is 2.57. The van der Waals surface area contributed by atoms with Crippen molar-refractivity contribution < 1.29 is 9.59 Å². The molecule has 1 aliphatic rings. The van der Waals surface area contributed by atoms with Gasteiger partial charge in [0.05, 0.1) is 4.75 Å². The van der Waals surface area contributed by atoms with Crippen LogP contribution in [0.15, 0.2) is 0 Å². The summed E-state index contributed by atoms with van der Waals surface area (Å²) in [5, 5.41) is 1.95. The standard InChI is InChI=1S/C5H7NO2S/c1-5(2)3(7)6-4(8)9-5/h1-2H3,(H,6,7,8). The van der Waals surface area contributed by atoms with Crippen LogP contribution in [0.4, 0.5) is 4.79 Å². The van der Waals surface area contributed by atoms with Gasteiger partial charge in [-0.15, -0.1) is 0 Å². The van der Waals surface area contributed by atoms with E-state index in [4.69, 9.17) is 0 Å². The van der Waals surface area contributed by atoms with Crippen LogP contribution >= 0.6 is 11.8 Å². The van der Waals surface area contributed by atoms with Crippen molar-refractivity contribution in [2.75, 3.05) is 0 Å². The van der Waals surface area contributed by atoms with Gasteiger partial charge in [-0.1, -0.05) is 0 Å². The van der Waals surface area contributed by atoms with Crippen LogP contribution in [0, 0.1) is 0 Å². The maximum absolute atomic E-state index is 10.8. The number of rotatable bonds is 0. The van der Waals surface area contributed by atoms with Crippen LogP contribution in [0.5, 0.6) is 0 Å². The van der Waals surface area contributed by atoms with Crippen molar-refractivity contribution in [3.8, 4) is 0 Å². The summed E-state index contributed by atoms with van der Waals surface area (Å²) in [6, 6.07) is 0. The molecule has 3 nitrogen and oxygen atoms in total. The van der Waals surface area contributed by atoms with Crippen LogP contribution in [0.1, 0.15) is 13.8 Å². The molecule has 1 aliphatic heterocycles. The van der Waals surface area contributed by atoms with Gasteiger partial charge < -0.3 is 0 Å². The molecule has 0 spiro atoms. The van der Waals surface area contributed by atoms with E-state index in [1.807, 2.05) is 0 Å². The minimum Gasteiger partial charge on any atom is -0.286 e. The third-order valence-corrected chi connectivity index (χ3v) is 2.09. The minimum atomic E-state index is -0.558. The topological polar surface area (TPSA) is 46.2 Å². The first kappa shape index (κ1) is 6.61. The fourth-order valence-corrected chi connectivity index (χ4v) is 1.30. The molecule has 0 unspecified atom stereocenters. The SMILES string of the molecule is CC1(C)SC(=O)NC1=O. The van der Waals surface area contributed by atoms with Crippen LogP contribution in [0.25, 0.3) is 0 Å². The zero-order chi connectivity index (χ0) is 7.07. The Hall–Kier alpha value is -0.510. The zero-order valence-corrected chi connectivity index (χ0v) is 6.04. The highest BCUT2D eigenvalue weighted by molar-refractivity contribution is 8.16. The Balaban J connectivity index is 2.81. The summed E-state index contributed by atoms with van der Waals surface area (Å²) in [5.41, 5.74) is 0. The van der Waals surface area contributed by atoms with E-state index < -0.39 is 4.75 Å². The first-order valence-corrected chi connectivity index (χ1v) is 3.38. The second-order valence-corrected chi connectivity index (χ2v) is 3.95. The molecule has 0 saturated carbocycles. The normalized spacial score (nSPS) is 24.2. The molecule has 9 heavy (non-hydrogen) atoms. The highest BCUT2D eigenvalue weighted by Crippen LogP contribution is 2.29. The number of nitrogens with one attached hydrogen (secondary N) is 1. The highest BCUT2D eigenvalue weighted by Gasteiger charge is 2.38. The second-order valence-electron chi connectivity index (χ2n) is 2.35. The lowest BCUT2D eigenvalue weighted by molar-refractivity contribution is -0.120. The molecule has 0 aromatic carbocycles. The van der Waals surface area contributed by atoms with Crippen molar-refractivity contribution in [3.05, 3.63) is 0 Å². The number of carbonyl (C=O) groups is 2. The van der Waals surface area contributed by atoms with Gasteiger partial charge in [0.2, 0.25) is 5.91 Å². The number of thioether (sulfide) groups is 1. The Morgan fingerprint density at radius 2 is 2.00 bits per heavy atom. The van der Waals surface area contributed by atoms with E-state index in [-0.39, 0.29) is 11.1 Å². The van der Waals surface area contributed by atoms with E-state index in [2.05, 4.69) is 5.32 Å². The van der Waals surface area contributed by atoms with Crippen LogP contribution in [-0.2, 0) is 4.79 Å².